The molecule has 18 heavy (non-hydrogen) atoms. The molecule has 2 aromatic rings. The Labute approximate surface area is 125 Å². The summed E-state index contributed by atoms with van der Waals surface area (Å²) in [6.07, 6.45) is 0. The number of carbonyl (C=O) groups excluding carboxylic acids is 1. The highest BCUT2D eigenvalue weighted by Gasteiger charge is 2.14. The monoisotopic (exact) mass is 389 g/mol. The Balaban J connectivity index is 2.27. The Morgan fingerprint density at radius 1 is 1.39 bits per heavy atom. The summed E-state index contributed by atoms with van der Waals surface area (Å²) in [7, 11) is 0. The molecule has 1 aromatic carbocycles. The predicted octanol–water partition coefficient (Wildman–Crippen LogP) is 3.81. The third-order valence-electron chi connectivity index (χ3n) is 2.18. The third-order valence-corrected chi connectivity index (χ3v) is 4.10. The van der Waals surface area contributed by atoms with Crippen molar-refractivity contribution in [3.8, 4) is 0 Å². The van der Waals surface area contributed by atoms with Crippen LogP contribution in [0.1, 0.15) is 16.1 Å². The van der Waals surface area contributed by atoms with Gasteiger partial charge in [-0.2, -0.15) is 0 Å². The van der Waals surface area contributed by atoms with Crippen LogP contribution < -0.4 is 11.1 Å². The summed E-state index contributed by atoms with van der Waals surface area (Å²) < 4.78 is 1.62. The highest BCUT2D eigenvalue weighted by atomic mass is 79.9. The normalized spacial score (nSPS) is 10.4. The number of carbonyl (C=O) groups is 1. The highest BCUT2D eigenvalue weighted by molar-refractivity contribution is 9.11. The number of anilines is 2. The second kappa shape index (κ2) is 5.38. The first-order chi connectivity index (χ1) is 8.47. The Hall–Kier alpha value is -0.920. The lowest BCUT2D eigenvalue weighted by molar-refractivity contribution is 0.102. The molecule has 0 unspecified atom stereocenters. The van der Waals surface area contributed by atoms with Crippen molar-refractivity contribution >= 4 is 59.9 Å². The van der Waals surface area contributed by atoms with Crippen LogP contribution in [-0.4, -0.2) is 10.9 Å². The van der Waals surface area contributed by atoms with Gasteiger partial charge in [-0.3, -0.25) is 4.79 Å². The van der Waals surface area contributed by atoms with E-state index in [0.717, 1.165) is 14.5 Å². The smallest absolute Gasteiger partial charge is 0.275 e. The lowest BCUT2D eigenvalue weighted by Crippen LogP contribution is -2.13. The molecule has 0 bridgehead atoms. The number of amides is 1. The van der Waals surface area contributed by atoms with Gasteiger partial charge in [-0.25, -0.2) is 4.98 Å². The lowest BCUT2D eigenvalue weighted by atomic mass is 10.2. The standard InChI is InChI=1S/C11H9Br2N3OS/c1-5-2-6(12)9(7(13)3-5)16-10(17)8-4-18-11(14)15-8/h2-4H,1H3,(H2,14,15)(H,16,17). The maximum Gasteiger partial charge on any atom is 0.275 e. The van der Waals surface area contributed by atoms with Crippen molar-refractivity contribution in [3.05, 3.63) is 37.7 Å². The molecule has 0 radical (unpaired) electrons. The van der Waals surface area contributed by atoms with Crippen molar-refractivity contribution in [3.63, 3.8) is 0 Å². The van der Waals surface area contributed by atoms with Crippen molar-refractivity contribution in [1.82, 2.24) is 4.98 Å². The highest BCUT2D eigenvalue weighted by Crippen LogP contribution is 2.32. The molecule has 7 heteroatoms. The van der Waals surface area contributed by atoms with Gasteiger partial charge in [0, 0.05) is 14.3 Å². The number of aryl methyl sites for hydroxylation is 1. The first kappa shape index (κ1) is 13.5. The van der Waals surface area contributed by atoms with Crippen LogP contribution in [0.2, 0.25) is 0 Å². The van der Waals surface area contributed by atoms with Crippen molar-refractivity contribution in [2.24, 2.45) is 0 Å². The van der Waals surface area contributed by atoms with E-state index in [1.807, 2.05) is 19.1 Å². The molecule has 0 saturated heterocycles. The number of halogens is 2. The molecule has 1 aromatic heterocycles. The number of thiazole rings is 1. The Bertz CT molecular complexity index is 589. The molecular formula is C11H9Br2N3OS. The fraction of sp³-hybridized carbons (Fsp3) is 0.0909. The number of nitrogens with zero attached hydrogens (tertiary/aromatic N) is 1. The van der Waals surface area contributed by atoms with Crippen molar-refractivity contribution in [1.29, 1.82) is 0 Å². The minimum absolute atomic E-state index is 0.284. The van der Waals surface area contributed by atoms with Gasteiger partial charge in [0.25, 0.3) is 5.91 Å². The first-order valence-corrected chi connectivity index (χ1v) is 7.42. The van der Waals surface area contributed by atoms with Crippen LogP contribution in [0.15, 0.2) is 26.5 Å². The Morgan fingerprint density at radius 2 is 2.00 bits per heavy atom. The second-order valence-corrected chi connectivity index (χ2v) is 6.23. The molecular weight excluding hydrogens is 382 g/mol. The number of nitrogen functional groups attached to an aromatic ring is 1. The molecule has 94 valence electrons. The maximum absolute atomic E-state index is 12.0. The molecule has 1 amide bonds. The van der Waals surface area contributed by atoms with Gasteiger partial charge in [-0.15, -0.1) is 11.3 Å². The number of hydrogen-bond acceptors (Lipinski definition) is 4. The third kappa shape index (κ3) is 2.90. The number of benzene rings is 1. The first-order valence-electron chi connectivity index (χ1n) is 4.95. The average Bonchev–Trinajstić information content (AvgIpc) is 2.70. The van der Waals surface area contributed by atoms with Crippen molar-refractivity contribution < 1.29 is 4.79 Å². The zero-order chi connectivity index (χ0) is 13.3. The maximum atomic E-state index is 12.0. The van der Waals surface area contributed by atoms with Gasteiger partial charge < -0.3 is 11.1 Å². The van der Waals surface area contributed by atoms with E-state index in [9.17, 15) is 4.79 Å². The van der Waals surface area contributed by atoms with Gasteiger partial charge in [0.05, 0.1) is 5.69 Å². The van der Waals surface area contributed by atoms with Gasteiger partial charge in [-0.1, -0.05) is 0 Å². The molecule has 0 aliphatic heterocycles. The van der Waals surface area contributed by atoms with E-state index in [2.05, 4.69) is 42.2 Å². The van der Waals surface area contributed by atoms with Crippen LogP contribution in [0.4, 0.5) is 10.8 Å². The summed E-state index contributed by atoms with van der Waals surface area (Å²) in [6, 6.07) is 3.85. The van der Waals surface area contributed by atoms with Crippen LogP contribution in [-0.2, 0) is 0 Å². The zero-order valence-electron chi connectivity index (χ0n) is 9.33. The zero-order valence-corrected chi connectivity index (χ0v) is 13.3. The molecule has 0 atom stereocenters. The van der Waals surface area contributed by atoms with Gasteiger partial charge in [0.2, 0.25) is 0 Å². The van der Waals surface area contributed by atoms with Gasteiger partial charge in [-0.05, 0) is 56.5 Å². The average molecular weight is 391 g/mol. The second-order valence-electron chi connectivity index (χ2n) is 3.63. The van der Waals surface area contributed by atoms with E-state index in [-0.39, 0.29) is 5.91 Å². The van der Waals surface area contributed by atoms with Gasteiger partial charge in [0.15, 0.2) is 5.13 Å². The van der Waals surface area contributed by atoms with E-state index in [4.69, 9.17) is 5.73 Å². The molecule has 3 N–H and O–H groups in total. The minimum atomic E-state index is -0.284. The van der Waals surface area contributed by atoms with Crippen molar-refractivity contribution in [2.75, 3.05) is 11.1 Å². The molecule has 0 aliphatic carbocycles. The van der Waals surface area contributed by atoms with E-state index in [1.54, 1.807) is 5.38 Å². The van der Waals surface area contributed by atoms with E-state index < -0.39 is 0 Å². The molecule has 0 fully saturated rings. The van der Waals surface area contributed by atoms with Crippen molar-refractivity contribution in [2.45, 2.75) is 6.92 Å². The summed E-state index contributed by atoms with van der Waals surface area (Å²) in [5, 5.41) is 4.79. The topological polar surface area (TPSA) is 68.0 Å². The Morgan fingerprint density at radius 3 is 2.50 bits per heavy atom. The summed E-state index contributed by atoms with van der Waals surface area (Å²) in [6.45, 7) is 1.97. The van der Waals surface area contributed by atoms with Crippen LogP contribution in [0.3, 0.4) is 0 Å². The van der Waals surface area contributed by atoms with Crippen LogP contribution in [0.25, 0.3) is 0 Å². The molecule has 0 spiro atoms. The lowest BCUT2D eigenvalue weighted by Gasteiger charge is -2.09. The van der Waals surface area contributed by atoms with Gasteiger partial charge in [0.1, 0.15) is 5.69 Å². The predicted molar refractivity (Wildman–Crippen MR) is 81.1 cm³/mol. The molecule has 0 saturated carbocycles. The molecule has 2 rings (SSSR count). The number of nitrogens with two attached hydrogens (primary N) is 1. The van der Waals surface area contributed by atoms with Gasteiger partial charge >= 0.3 is 0 Å². The molecule has 4 nitrogen and oxygen atoms in total. The molecule has 0 aliphatic rings. The largest absolute Gasteiger partial charge is 0.375 e. The quantitative estimate of drug-likeness (QED) is 0.819. The SMILES string of the molecule is Cc1cc(Br)c(NC(=O)c2csc(N)n2)c(Br)c1. The van der Waals surface area contributed by atoms with Crippen LogP contribution in [0, 0.1) is 6.92 Å². The molecule has 1 heterocycles. The minimum Gasteiger partial charge on any atom is -0.375 e. The van der Waals surface area contributed by atoms with E-state index in [0.29, 0.717) is 16.5 Å². The summed E-state index contributed by atoms with van der Waals surface area (Å²) in [5.74, 6) is -0.284. The fourth-order valence-corrected chi connectivity index (χ4v) is 3.55. The number of nitrogens with one attached hydrogen (secondary N) is 1. The van der Waals surface area contributed by atoms with Crippen LogP contribution in [0.5, 0.6) is 0 Å². The van der Waals surface area contributed by atoms with E-state index >= 15 is 0 Å². The fourth-order valence-electron chi connectivity index (χ4n) is 1.39. The summed E-state index contributed by atoms with van der Waals surface area (Å²) >= 11 is 8.07. The van der Waals surface area contributed by atoms with E-state index in [1.165, 1.54) is 11.3 Å². The summed E-state index contributed by atoms with van der Waals surface area (Å²) in [4.78, 5) is 15.9. The summed E-state index contributed by atoms with van der Waals surface area (Å²) in [5.41, 5.74) is 7.58. The number of aromatic nitrogens is 1. The Kier molecular flexibility index (Phi) is 4.04. The number of rotatable bonds is 2. The van der Waals surface area contributed by atoms with Crippen LogP contribution >= 0.6 is 43.2 Å². The number of hydrogen-bond donors (Lipinski definition) is 2.